The minimum atomic E-state index is -0.463. The molecule has 0 unspecified atom stereocenters. The average Bonchev–Trinajstić information content (AvgIpc) is 3.14. The number of benzene rings is 2. The van der Waals surface area contributed by atoms with Gasteiger partial charge in [-0.3, -0.25) is 0 Å². The van der Waals surface area contributed by atoms with Gasteiger partial charge in [-0.25, -0.2) is 9.18 Å². The van der Waals surface area contributed by atoms with Crippen LogP contribution in [0.25, 0.3) is 11.5 Å². The second kappa shape index (κ2) is 9.21. The number of aromatic nitrogens is 2. The number of thioether (sulfide) groups is 1. The Labute approximate surface area is 163 Å². The summed E-state index contributed by atoms with van der Waals surface area (Å²) in [5, 5.41) is 8.70. The third kappa shape index (κ3) is 5.58. The average molecular weight is 403 g/mol. The Balaban J connectivity index is 1.43. The molecule has 0 amide bonds. The molecule has 8 heteroatoms. The molecule has 3 rings (SSSR count). The first-order chi connectivity index (χ1) is 13.1. The Morgan fingerprint density at radius 2 is 1.85 bits per heavy atom. The molecule has 136 valence electrons. The van der Waals surface area contributed by atoms with E-state index in [-0.39, 0.29) is 12.4 Å². The van der Waals surface area contributed by atoms with Crippen LogP contribution >= 0.6 is 23.4 Å². The molecule has 0 N–H and O–H groups in total. The number of esters is 1. The van der Waals surface area contributed by atoms with E-state index in [4.69, 9.17) is 20.8 Å². The molecule has 0 atom stereocenters. The fraction of sp³-hybridized carbons (Fsp3) is 0.105. The summed E-state index contributed by atoms with van der Waals surface area (Å²) in [7, 11) is 0. The zero-order chi connectivity index (χ0) is 19.1. The van der Waals surface area contributed by atoms with Gasteiger partial charge < -0.3 is 9.15 Å². The number of hydrogen-bond acceptors (Lipinski definition) is 6. The van der Waals surface area contributed by atoms with E-state index in [0.717, 1.165) is 0 Å². The lowest BCUT2D eigenvalue weighted by atomic mass is 10.2. The second-order valence-electron chi connectivity index (χ2n) is 5.11. The first-order valence-corrected chi connectivity index (χ1v) is 9.09. The highest BCUT2D eigenvalue weighted by atomic mass is 35.5. The summed E-state index contributed by atoms with van der Waals surface area (Å²) in [4.78, 5) is 11.8. The summed E-state index contributed by atoms with van der Waals surface area (Å²) in [6.07, 6.45) is 0. The van der Waals surface area contributed by atoms with E-state index in [1.807, 2.05) is 0 Å². The first kappa shape index (κ1) is 19.0. The fourth-order valence-corrected chi connectivity index (χ4v) is 2.61. The molecule has 27 heavy (non-hydrogen) atoms. The highest BCUT2D eigenvalue weighted by molar-refractivity contribution is 7.99. The Morgan fingerprint density at radius 1 is 1.11 bits per heavy atom. The van der Waals surface area contributed by atoms with E-state index in [1.165, 1.54) is 23.9 Å². The van der Waals surface area contributed by atoms with Gasteiger partial charge in [-0.2, -0.15) is 0 Å². The van der Waals surface area contributed by atoms with Crippen molar-refractivity contribution < 1.29 is 18.3 Å². The van der Waals surface area contributed by atoms with Gasteiger partial charge in [0.2, 0.25) is 5.89 Å². The molecule has 5 nitrogen and oxygen atoms in total. The number of halogens is 2. The number of carbonyl (C=O) groups excluding carboxylic acids is 1. The highest BCUT2D eigenvalue weighted by Crippen LogP contribution is 2.22. The molecule has 2 aromatic carbocycles. The van der Waals surface area contributed by atoms with E-state index >= 15 is 0 Å². The molecule has 0 aliphatic carbocycles. The quantitative estimate of drug-likeness (QED) is 0.356. The summed E-state index contributed by atoms with van der Waals surface area (Å²) in [6.45, 7) is -0.0211. The van der Waals surface area contributed by atoms with Crippen LogP contribution in [0.15, 0.2) is 58.2 Å². The highest BCUT2D eigenvalue weighted by Gasteiger charge is 2.08. The van der Waals surface area contributed by atoms with Crippen molar-refractivity contribution in [2.75, 3.05) is 12.4 Å². The largest absolute Gasteiger partial charge is 0.449 e. The molecule has 0 aliphatic rings. The topological polar surface area (TPSA) is 65.2 Å². The molecule has 1 aromatic heterocycles. The van der Waals surface area contributed by atoms with Gasteiger partial charge in [0.15, 0.2) is 6.61 Å². The van der Waals surface area contributed by atoms with Gasteiger partial charge in [0.1, 0.15) is 5.82 Å². The van der Waals surface area contributed by atoms with Crippen LogP contribution in [-0.2, 0) is 4.74 Å². The van der Waals surface area contributed by atoms with Crippen LogP contribution in [0.1, 0.15) is 10.4 Å². The standard InChI is InChI=1S/C19H12ClFN2O3S/c20-15-7-3-14(4-8-15)18(24)25-11-1-2-12-27-19-23-22-17(26-19)13-5-9-16(21)10-6-13/h3-10H,11-12H2. The number of carbonyl (C=O) groups is 1. The molecule has 3 aromatic rings. The molecule has 0 aliphatic heterocycles. The van der Waals surface area contributed by atoms with Crippen LogP contribution < -0.4 is 0 Å². The van der Waals surface area contributed by atoms with E-state index < -0.39 is 5.97 Å². The Kier molecular flexibility index (Phi) is 6.47. The summed E-state index contributed by atoms with van der Waals surface area (Å²) < 4.78 is 23.4. The molecular formula is C19H12ClFN2O3S. The van der Waals surface area contributed by atoms with Gasteiger partial charge in [-0.05, 0) is 48.5 Å². The predicted octanol–water partition coefficient (Wildman–Crippen LogP) is 4.48. The van der Waals surface area contributed by atoms with Crippen molar-refractivity contribution in [2.45, 2.75) is 5.22 Å². The smallest absolute Gasteiger partial charge is 0.339 e. The fourth-order valence-electron chi connectivity index (χ4n) is 1.95. The second-order valence-corrected chi connectivity index (χ2v) is 6.47. The van der Waals surface area contributed by atoms with Crippen LogP contribution in [0, 0.1) is 17.7 Å². The van der Waals surface area contributed by atoms with E-state index in [2.05, 4.69) is 22.0 Å². The van der Waals surface area contributed by atoms with Crippen LogP contribution in [0.3, 0.4) is 0 Å². The Morgan fingerprint density at radius 3 is 2.59 bits per heavy atom. The lowest BCUT2D eigenvalue weighted by Crippen LogP contribution is -2.04. The van der Waals surface area contributed by atoms with Crippen LogP contribution in [0.2, 0.25) is 5.02 Å². The van der Waals surface area contributed by atoms with Crippen LogP contribution in [0.5, 0.6) is 0 Å². The third-order valence-electron chi connectivity index (χ3n) is 3.25. The molecule has 0 spiro atoms. The molecule has 0 saturated carbocycles. The lowest BCUT2D eigenvalue weighted by molar-refractivity contribution is 0.0556. The van der Waals surface area contributed by atoms with Crippen molar-refractivity contribution in [3.8, 4) is 23.3 Å². The number of ether oxygens (including phenoxy) is 1. The normalized spacial score (nSPS) is 10.1. The molecule has 0 radical (unpaired) electrons. The molecule has 1 heterocycles. The van der Waals surface area contributed by atoms with Crippen LogP contribution in [-0.4, -0.2) is 28.5 Å². The summed E-state index contributed by atoms with van der Waals surface area (Å²) in [5.41, 5.74) is 1.05. The molecule has 0 fully saturated rings. The van der Waals surface area contributed by atoms with Crippen molar-refractivity contribution in [2.24, 2.45) is 0 Å². The monoisotopic (exact) mass is 402 g/mol. The zero-order valence-electron chi connectivity index (χ0n) is 13.8. The van der Waals surface area contributed by atoms with Crippen molar-refractivity contribution in [3.05, 3.63) is 64.9 Å². The van der Waals surface area contributed by atoms with Gasteiger partial charge in [0, 0.05) is 10.6 Å². The minimum Gasteiger partial charge on any atom is -0.449 e. The zero-order valence-corrected chi connectivity index (χ0v) is 15.4. The maximum absolute atomic E-state index is 12.9. The van der Waals surface area contributed by atoms with Crippen molar-refractivity contribution in [1.29, 1.82) is 0 Å². The predicted molar refractivity (Wildman–Crippen MR) is 99.9 cm³/mol. The molecular weight excluding hydrogens is 391 g/mol. The van der Waals surface area contributed by atoms with Gasteiger partial charge in [-0.1, -0.05) is 35.2 Å². The number of hydrogen-bond donors (Lipinski definition) is 0. The summed E-state index contributed by atoms with van der Waals surface area (Å²) in [6, 6.07) is 12.2. The van der Waals surface area contributed by atoms with Crippen molar-refractivity contribution >= 4 is 29.3 Å². The van der Waals surface area contributed by atoms with Crippen molar-refractivity contribution in [1.82, 2.24) is 10.2 Å². The van der Waals surface area contributed by atoms with Gasteiger partial charge >= 0.3 is 5.97 Å². The Bertz CT molecular complexity index is 979. The van der Waals surface area contributed by atoms with Gasteiger partial charge in [0.05, 0.1) is 11.3 Å². The maximum Gasteiger partial charge on any atom is 0.339 e. The Hall–Kier alpha value is -2.82. The number of rotatable bonds is 5. The molecule has 0 bridgehead atoms. The first-order valence-electron chi connectivity index (χ1n) is 7.72. The minimum absolute atomic E-state index is 0.0211. The lowest BCUT2D eigenvalue weighted by Gasteiger charge is -2.00. The van der Waals surface area contributed by atoms with E-state index in [0.29, 0.717) is 33.0 Å². The van der Waals surface area contributed by atoms with Gasteiger partial charge in [0.25, 0.3) is 5.22 Å². The van der Waals surface area contributed by atoms with E-state index in [1.54, 1.807) is 36.4 Å². The molecule has 0 saturated heterocycles. The third-order valence-corrected chi connectivity index (χ3v) is 4.20. The summed E-state index contributed by atoms with van der Waals surface area (Å²) in [5.74, 6) is 5.49. The number of nitrogens with zero attached hydrogens (tertiary/aromatic N) is 2. The van der Waals surface area contributed by atoms with Crippen molar-refractivity contribution in [3.63, 3.8) is 0 Å². The van der Waals surface area contributed by atoms with Crippen LogP contribution in [0.4, 0.5) is 4.39 Å². The van der Waals surface area contributed by atoms with Gasteiger partial charge in [-0.15, -0.1) is 10.2 Å². The SMILES string of the molecule is O=C(OCC#CCSc1nnc(-c2ccc(F)cc2)o1)c1ccc(Cl)cc1. The maximum atomic E-state index is 12.9. The van der Waals surface area contributed by atoms with E-state index in [9.17, 15) is 9.18 Å². The summed E-state index contributed by atoms with van der Waals surface area (Å²) >= 11 is 7.01.